The minimum atomic E-state index is -2.80. The zero-order valence-corrected chi connectivity index (χ0v) is 21.6. The molecule has 39 heavy (non-hydrogen) atoms. The molecule has 5 rings (SSSR count). The number of nitrogens with one attached hydrogen (secondary N) is 2. The molecule has 0 radical (unpaired) electrons. The highest BCUT2D eigenvalue weighted by Gasteiger charge is 2.59. The van der Waals surface area contributed by atoms with E-state index in [1.807, 2.05) is 0 Å². The van der Waals surface area contributed by atoms with Gasteiger partial charge in [-0.3, -0.25) is 14.6 Å². The van der Waals surface area contributed by atoms with E-state index in [0.29, 0.717) is 16.8 Å². The van der Waals surface area contributed by atoms with Crippen molar-refractivity contribution in [1.82, 2.24) is 15.3 Å². The van der Waals surface area contributed by atoms with Crippen LogP contribution in [0.25, 0.3) is 0 Å². The van der Waals surface area contributed by atoms with Gasteiger partial charge in [-0.2, -0.15) is 0 Å². The molecule has 0 aliphatic carbocycles. The van der Waals surface area contributed by atoms with Crippen LogP contribution in [0.5, 0.6) is 0 Å². The fourth-order valence-corrected chi connectivity index (χ4v) is 5.73. The molecule has 8 nitrogen and oxygen atoms in total. The lowest BCUT2D eigenvalue weighted by Crippen LogP contribution is -2.60. The Bertz CT molecular complexity index is 1410. The molecule has 2 aliphatic rings. The fourth-order valence-electron chi connectivity index (χ4n) is 4.62. The normalized spacial score (nSPS) is 24.4. The number of carbonyl (C=O) groups is 2. The summed E-state index contributed by atoms with van der Waals surface area (Å²) in [7, 11) is 0. The first-order chi connectivity index (χ1) is 18.7. The molecule has 0 spiro atoms. The van der Waals surface area contributed by atoms with Gasteiger partial charge in [0, 0.05) is 23.4 Å². The van der Waals surface area contributed by atoms with Crippen LogP contribution in [-0.2, 0) is 10.3 Å². The van der Waals surface area contributed by atoms with Gasteiger partial charge in [0.2, 0.25) is 0 Å². The quantitative estimate of drug-likeness (QED) is 0.464. The second-order valence-corrected chi connectivity index (χ2v) is 10.3. The third-order valence-electron chi connectivity index (χ3n) is 6.64. The molecule has 2 N–H and O–H groups in total. The van der Waals surface area contributed by atoms with E-state index in [4.69, 9.17) is 9.73 Å². The number of amidine groups is 1. The number of aromatic nitrogens is 2. The number of alkyl halides is 3. The zero-order valence-electron chi connectivity index (χ0n) is 20.7. The molecule has 2 aliphatic heterocycles. The Balaban J connectivity index is 1.45. The van der Waals surface area contributed by atoms with E-state index in [2.05, 4.69) is 20.6 Å². The van der Waals surface area contributed by atoms with E-state index in [1.54, 1.807) is 61.5 Å². The number of carbonyl (C=O) groups excluding carboxylic acids is 2. The number of benzene rings is 2. The predicted octanol–water partition coefficient (Wildman–Crippen LogP) is 4.91. The summed E-state index contributed by atoms with van der Waals surface area (Å²) in [6, 6.07) is 15.1. The van der Waals surface area contributed by atoms with Crippen molar-refractivity contribution < 1.29 is 27.5 Å². The molecule has 3 aromatic rings. The molecule has 12 heteroatoms. The smallest absolute Gasteiger partial charge is 0.281 e. The van der Waals surface area contributed by atoms with Gasteiger partial charge in [-0.05, 0) is 36.8 Å². The highest BCUT2D eigenvalue weighted by atomic mass is 32.2. The molecule has 1 saturated heterocycles. The van der Waals surface area contributed by atoms with Gasteiger partial charge in [-0.1, -0.05) is 42.1 Å². The third kappa shape index (κ3) is 5.39. The Morgan fingerprint density at radius 3 is 2.56 bits per heavy atom. The molecule has 1 fully saturated rings. The van der Waals surface area contributed by atoms with Crippen LogP contribution < -0.4 is 10.6 Å². The molecule has 1 aromatic heterocycles. The minimum Gasteiger partial charge on any atom is -0.375 e. The van der Waals surface area contributed by atoms with Gasteiger partial charge in [0.1, 0.15) is 16.9 Å². The van der Waals surface area contributed by atoms with Crippen molar-refractivity contribution in [2.24, 2.45) is 4.99 Å². The molecular formula is C27H24F3N5O3S. The Hall–Kier alpha value is -3.77. The maximum atomic E-state index is 16.7. The van der Waals surface area contributed by atoms with E-state index >= 15 is 4.39 Å². The summed E-state index contributed by atoms with van der Waals surface area (Å²) < 4.78 is 48.1. The molecule has 202 valence electrons. The molecule has 2 aromatic carbocycles. The SMILES string of the molecule is C[C@H]1C[C@@]2(F)CSC(NC(=O)c3ccccc3)=N[C@@]2(c2cccc(NC(=O)c3cnc(C(F)F)cn3)c2)CO1. The zero-order chi connectivity index (χ0) is 27.6. The lowest BCUT2D eigenvalue weighted by molar-refractivity contribution is -0.106. The van der Waals surface area contributed by atoms with Crippen LogP contribution in [0.4, 0.5) is 18.9 Å². The van der Waals surface area contributed by atoms with Crippen molar-refractivity contribution >= 4 is 34.4 Å². The second-order valence-electron chi connectivity index (χ2n) is 9.34. The van der Waals surface area contributed by atoms with Gasteiger partial charge in [0.25, 0.3) is 18.2 Å². The Labute approximate surface area is 226 Å². The van der Waals surface area contributed by atoms with Crippen molar-refractivity contribution in [3.8, 4) is 0 Å². The van der Waals surface area contributed by atoms with E-state index in [9.17, 15) is 18.4 Å². The van der Waals surface area contributed by atoms with Gasteiger partial charge in [0.15, 0.2) is 10.8 Å². The van der Waals surface area contributed by atoms with Crippen LogP contribution in [0.15, 0.2) is 72.0 Å². The Morgan fingerprint density at radius 1 is 1.05 bits per heavy atom. The standard InChI is InChI=1S/C27H24F3N5O3S/c1-16-11-26(30)15-39-25(34-23(36)17-6-3-2-4-7-17)35-27(26,14-38-16)18-8-5-9-19(10-18)33-24(37)21-13-31-20(12-32-21)22(28)29/h2-10,12-13,16,22H,11,14-15H2,1H3,(H,33,37)(H,34,35,36)/t16-,26+,27+/m0/s1. The van der Waals surface area contributed by atoms with Crippen LogP contribution >= 0.6 is 11.8 Å². The maximum absolute atomic E-state index is 16.7. The lowest BCUT2D eigenvalue weighted by Gasteiger charge is -2.50. The van der Waals surface area contributed by atoms with Gasteiger partial charge in [-0.25, -0.2) is 23.1 Å². The lowest BCUT2D eigenvalue weighted by atomic mass is 9.73. The van der Waals surface area contributed by atoms with Crippen molar-refractivity contribution in [2.45, 2.75) is 37.1 Å². The molecule has 0 unspecified atom stereocenters. The first-order valence-corrected chi connectivity index (χ1v) is 13.1. The van der Waals surface area contributed by atoms with E-state index in [-0.39, 0.29) is 41.7 Å². The first-order valence-electron chi connectivity index (χ1n) is 12.1. The van der Waals surface area contributed by atoms with E-state index in [0.717, 1.165) is 24.2 Å². The molecule has 0 saturated carbocycles. The Kier molecular flexibility index (Phi) is 7.41. The summed E-state index contributed by atoms with van der Waals surface area (Å²) in [5.74, 6) is -0.998. The number of aliphatic imine (C=N–C) groups is 1. The maximum Gasteiger partial charge on any atom is 0.281 e. The number of nitrogens with zero attached hydrogens (tertiary/aromatic N) is 3. The first kappa shape index (κ1) is 26.8. The van der Waals surface area contributed by atoms with Crippen molar-refractivity contribution in [1.29, 1.82) is 0 Å². The number of thioether (sulfide) groups is 1. The largest absolute Gasteiger partial charge is 0.375 e. The van der Waals surface area contributed by atoms with Crippen LogP contribution in [-0.4, -0.2) is 51.1 Å². The summed E-state index contributed by atoms with van der Waals surface area (Å²) in [4.78, 5) is 37.5. The van der Waals surface area contributed by atoms with Gasteiger partial charge < -0.3 is 15.4 Å². The summed E-state index contributed by atoms with van der Waals surface area (Å²) in [5.41, 5.74) is -2.78. The number of halogens is 3. The highest BCUT2D eigenvalue weighted by Crippen LogP contribution is 2.51. The van der Waals surface area contributed by atoms with Crippen LogP contribution in [0.2, 0.25) is 0 Å². The van der Waals surface area contributed by atoms with Gasteiger partial charge in [-0.15, -0.1) is 0 Å². The summed E-state index contributed by atoms with van der Waals surface area (Å²) >= 11 is 1.13. The number of amides is 2. The summed E-state index contributed by atoms with van der Waals surface area (Å²) in [6.07, 6.45) is -1.24. The van der Waals surface area contributed by atoms with Crippen molar-refractivity contribution in [2.75, 3.05) is 17.7 Å². The molecule has 3 atom stereocenters. The summed E-state index contributed by atoms with van der Waals surface area (Å²) in [6.45, 7) is 1.72. The average Bonchev–Trinajstić information content (AvgIpc) is 2.94. The van der Waals surface area contributed by atoms with Crippen molar-refractivity contribution in [3.63, 3.8) is 0 Å². The fraction of sp³-hybridized carbons (Fsp3) is 0.296. The second kappa shape index (κ2) is 10.8. The topological polar surface area (TPSA) is 106 Å². The van der Waals surface area contributed by atoms with Gasteiger partial charge in [0.05, 0.1) is 25.1 Å². The number of hydrogen-bond donors (Lipinski definition) is 2. The predicted molar refractivity (Wildman–Crippen MR) is 141 cm³/mol. The Morgan fingerprint density at radius 2 is 1.85 bits per heavy atom. The average molecular weight is 556 g/mol. The van der Waals surface area contributed by atoms with Crippen LogP contribution in [0.1, 0.15) is 51.9 Å². The van der Waals surface area contributed by atoms with Gasteiger partial charge >= 0.3 is 0 Å². The number of hydrogen-bond acceptors (Lipinski definition) is 7. The summed E-state index contributed by atoms with van der Waals surface area (Å²) in [5, 5.41) is 5.70. The monoisotopic (exact) mass is 555 g/mol. The van der Waals surface area contributed by atoms with Crippen LogP contribution in [0, 0.1) is 0 Å². The number of ether oxygens (including phenoxy) is 1. The highest BCUT2D eigenvalue weighted by molar-refractivity contribution is 8.14. The molecule has 3 heterocycles. The van der Waals surface area contributed by atoms with Crippen molar-refractivity contribution in [3.05, 3.63) is 89.5 Å². The van der Waals surface area contributed by atoms with Crippen LogP contribution in [0.3, 0.4) is 0 Å². The van der Waals surface area contributed by atoms with E-state index < -0.39 is 29.2 Å². The molecule has 2 amide bonds. The number of anilines is 1. The number of fused-ring (bicyclic) bond motifs is 1. The third-order valence-corrected chi connectivity index (χ3v) is 7.71. The minimum absolute atomic E-state index is 0.0390. The number of rotatable bonds is 5. The molecule has 0 bridgehead atoms. The molecular weight excluding hydrogens is 531 g/mol. The van der Waals surface area contributed by atoms with E-state index in [1.165, 1.54) is 0 Å².